The van der Waals surface area contributed by atoms with Crippen molar-refractivity contribution >= 4 is 11.7 Å². The Hall–Kier alpha value is -1.46. The first-order valence-corrected chi connectivity index (χ1v) is 18.1. The van der Waals surface area contributed by atoms with Crippen molar-refractivity contribution in [1.82, 2.24) is 0 Å². The molecule has 0 radical (unpaired) electrons. The molecule has 14 heteroatoms. The molecule has 0 aliphatic carbocycles. The fraction of sp³-hybridized carbons (Fsp3) is 0.944. The Morgan fingerprint density at radius 2 is 1.52 bits per heavy atom. The van der Waals surface area contributed by atoms with Gasteiger partial charge in [0.15, 0.2) is 12.6 Å². The molecule has 1 unspecified atom stereocenters. The van der Waals surface area contributed by atoms with E-state index in [1.54, 1.807) is 48.5 Å². The zero-order valence-corrected chi connectivity index (χ0v) is 32.1. The molecule has 0 bridgehead atoms. The maximum absolute atomic E-state index is 14.1. The van der Waals surface area contributed by atoms with Crippen LogP contribution in [0.3, 0.4) is 0 Å². The van der Waals surface area contributed by atoms with E-state index in [1.165, 1.54) is 21.1 Å². The fourth-order valence-corrected chi connectivity index (χ4v) is 8.10. The fourth-order valence-electron chi connectivity index (χ4n) is 8.10. The molecule has 14 nitrogen and oxygen atoms in total. The maximum Gasteiger partial charge on any atom is 0.311 e. The third-order valence-electron chi connectivity index (χ3n) is 11.3. The molecule has 3 aliphatic heterocycles. The first kappa shape index (κ1) is 42.9. The van der Waals surface area contributed by atoms with Gasteiger partial charge in [0.2, 0.25) is 0 Å². The molecule has 0 amide bonds. The maximum atomic E-state index is 14.1. The van der Waals surface area contributed by atoms with E-state index in [4.69, 9.17) is 33.3 Å². The number of cyclic esters (lactones) is 1. The molecule has 0 spiro atoms. The van der Waals surface area contributed by atoms with Crippen molar-refractivity contribution < 1.29 is 63.6 Å². The smallest absolute Gasteiger partial charge is 0.311 e. The van der Waals surface area contributed by atoms with E-state index < -0.39 is 102 Å². The van der Waals surface area contributed by atoms with Crippen LogP contribution in [0.1, 0.15) is 101 Å². The second-order valence-electron chi connectivity index (χ2n) is 15.7. The SMILES string of the molecule is CC[C@H]1OC(=O)[C@H](C)[C@@H](O[C@H]2C[C@@](C)(OC)[C@@H](O)[C@H](C)O2)[C@H](C)[C@H](O[C@@H]2O[C@H](C)CC[C@H]2O)C(C)(O)C[C@@H](C)C(=NOC)[C@H](C)[C@@H](O)[C@]1(C)O. The molecule has 3 rings (SSSR count). The number of ether oxygens (including phenoxy) is 6. The summed E-state index contributed by atoms with van der Waals surface area (Å²) >= 11 is 0. The molecule has 292 valence electrons. The molecular formula is C36H65NO13. The van der Waals surface area contributed by atoms with Crippen LogP contribution in [0.5, 0.6) is 0 Å². The summed E-state index contributed by atoms with van der Waals surface area (Å²) < 4.78 is 37.0. The number of hydrogen-bond donors (Lipinski definition) is 5. The van der Waals surface area contributed by atoms with Gasteiger partial charge < -0.3 is 58.8 Å². The molecule has 0 aromatic heterocycles. The molecule has 0 aromatic carbocycles. The minimum absolute atomic E-state index is 0.0371. The first-order chi connectivity index (χ1) is 23.1. The number of hydrogen-bond acceptors (Lipinski definition) is 14. The average Bonchev–Trinajstić information content (AvgIpc) is 3.05. The van der Waals surface area contributed by atoms with Gasteiger partial charge in [0, 0.05) is 31.3 Å². The highest BCUT2D eigenvalue weighted by atomic mass is 16.7. The summed E-state index contributed by atoms with van der Waals surface area (Å²) in [6, 6.07) is 0. The van der Waals surface area contributed by atoms with Crippen LogP contribution in [-0.2, 0) is 38.1 Å². The Morgan fingerprint density at radius 3 is 2.10 bits per heavy atom. The van der Waals surface area contributed by atoms with E-state index in [0.717, 1.165) is 0 Å². The molecular weight excluding hydrogens is 654 g/mol. The Bertz CT molecular complexity index is 1140. The van der Waals surface area contributed by atoms with Crippen molar-refractivity contribution in [3.8, 4) is 0 Å². The molecule has 5 N–H and O–H groups in total. The third-order valence-corrected chi connectivity index (χ3v) is 11.3. The number of oxime groups is 1. The van der Waals surface area contributed by atoms with Crippen molar-refractivity contribution in [3.63, 3.8) is 0 Å². The highest BCUT2D eigenvalue weighted by Gasteiger charge is 2.52. The first-order valence-electron chi connectivity index (χ1n) is 18.1. The van der Waals surface area contributed by atoms with Crippen LogP contribution in [0.2, 0.25) is 0 Å². The van der Waals surface area contributed by atoms with Crippen LogP contribution in [0, 0.1) is 23.7 Å². The van der Waals surface area contributed by atoms with Gasteiger partial charge in [-0.2, -0.15) is 0 Å². The molecule has 0 saturated carbocycles. The second-order valence-corrected chi connectivity index (χ2v) is 15.7. The van der Waals surface area contributed by atoms with E-state index in [0.29, 0.717) is 18.6 Å². The summed E-state index contributed by atoms with van der Waals surface area (Å²) in [4.78, 5) is 19.3. The van der Waals surface area contributed by atoms with Gasteiger partial charge in [-0.15, -0.1) is 0 Å². The Labute approximate surface area is 297 Å². The van der Waals surface area contributed by atoms with Crippen molar-refractivity contribution in [3.05, 3.63) is 0 Å². The van der Waals surface area contributed by atoms with E-state index in [9.17, 15) is 30.3 Å². The normalized spacial score (nSPS) is 49.6. The van der Waals surface area contributed by atoms with Gasteiger partial charge in [0.05, 0.1) is 53.4 Å². The highest BCUT2D eigenvalue weighted by Crippen LogP contribution is 2.40. The topological polar surface area (TPSA) is 195 Å². The molecule has 17 atom stereocenters. The molecule has 3 aliphatic rings. The number of methoxy groups -OCH3 is 1. The van der Waals surface area contributed by atoms with Gasteiger partial charge in [-0.25, -0.2) is 0 Å². The zero-order chi connectivity index (χ0) is 37.9. The van der Waals surface area contributed by atoms with Crippen molar-refractivity contribution in [2.24, 2.45) is 28.8 Å². The Kier molecular flexibility index (Phi) is 14.7. The van der Waals surface area contributed by atoms with Crippen LogP contribution in [0.15, 0.2) is 5.16 Å². The van der Waals surface area contributed by atoms with Crippen LogP contribution < -0.4 is 0 Å². The number of aliphatic hydroxyl groups excluding tert-OH is 3. The van der Waals surface area contributed by atoms with Gasteiger partial charge in [0.25, 0.3) is 0 Å². The van der Waals surface area contributed by atoms with Gasteiger partial charge in [-0.05, 0) is 67.2 Å². The number of carbonyl (C=O) groups excluding carboxylic acids is 1. The quantitative estimate of drug-likeness (QED) is 0.191. The van der Waals surface area contributed by atoms with Gasteiger partial charge in [0.1, 0.15) is 31.0 Å². The molecule has 3 fully saturated rings. The van der Waals surface area contributed by atoms with Crippen LogP contribution in [0.25, 0.3) is 0 Å². The average molecular weight is 720 g/mol. The number of aliphatic hydroxyl groups is 5. The molecule has 50 heavy (non-hydrogen) atoms. The Balaban J connectivity index is 2.20. The van der Waals surface area contributed by atoms with E-state index in [2.05, 4.69) is 5.16 Å². The van der Waals surface area contributed by atoms with Gasteiger partial charge >= 0.3 is 5.97 Å². The number of esters is 1. The highest BCUT2D eigenvalue weighted by molar-refractivity contribution is 5.88. The van der Waals surface area contributed by atoms with Gasteiger partial charge in [-0.1, -0.05) is 32.9 Å². The van der Waals surface area contributed by atoms with Crippen molar-refractivity contribution in [2.45, 2.75) is 180 Å². The summed E-state index contributed by atoms with van der Waals surface area (Å²) in [7, 11) is 2.87. The van der Waals surface area contributed by atoms with E-state index in [-0.39, 0.29) is 25.4 Å². The van der Waals surface area contributed by atoms with Crippen molar-refractivity contribution in [2.75, 3.05) is 14.2 Å². The number of nitrogens with zero attached hydrogens (tertiary/aromatic N) is 1. The number of carbonyl (C=O) groups is 1. The predicted molar refractivity (Wildman–Crippen MR) is 183 cm³/mol. The predicted octanol–water partition coefficient (Wildman–Crippen LogP) is 2.68. The molecule has 0 aromatic rings. The lowest BCUT2D eigenvalue weighted by atomic mass is 9.73. The second kappa shape index (κ2) is 17.1. The summed E-state index contributed by atoms with van der Waals surface area (Å²) in [6.45, 7) is 17.0. The summed E-state index contributed by atoms with van der Waals surface area (Å²) in [5.41, 5.74) is -4.24. The molecule has 3 heterocycles. The van der Waals surface area contributed by atoms with E-state index >= 15 is 0 Å². The van der Waals surface area contributed by atoms with Crippen molar-refractivity contribution in [1.29, 1.82) is 0 Å². The minimum Gasteiger partial charge on any atom is -0.459 e. The standard InChI is InChI=1S/C36H65NO13/c1-13-25-36(10,43)29(39)20(4)27(37-45-12)18(2)16-34(8,42)31(50-33-24(38)15-14-19(3)46-33)21(5)28(22(6)32(41)48-25)49-26-17-35(9,44-11)30(40)23(7)47-26/h18-26,28-31,33,38-40,42-43H,13-17H2,1-12H3/t18-,19-,20+,21+,22-,23+,24-,25-,26+,28+,29-,30+,31+,33+,34?,35-,36-/m1/s1. The summed E-state index contributed by atoms with van der Waals surface area (Å²) in [5.74, 6) is -3.82. The third kappa shape index (κ3) is 9.36. The Morgan fingerprint density at radius 1 is 0.880 bits per heavy atom. The van der Waals surface area contributed by atoms with Crippen LogP contribution in [-0.4, -0.2) is 130 Å². The van der Waals surface area contributed by atoms with Crippen LogP contribution >= 0.6 is 0 Å². The number of rotatable bonds is 7. The monoisotopic (exact) mass is 719 g/mol. The van der Waals surface area contributed by atoms with Gasteiger partial charge in [-0.3, -0.25) is 4.79 Å². The summed E-state index contributed by atoms with van der Waals surface area (Å²) in [5, 5.41) is 61.8. The summed E-state index contributed by atoms with van der Waals surface area (Å²) in [6.07, 6.45) is -8.15. The lowest BCUT2D eigenvalue weighted by Crippen LogP contribution is -2.60. The van der Waals surface area contributed by atoms with Crippen LogP contribution in [0.4, 0.5) is 0 Å². The van der Waals surface area contributed by atoms with E-state index in [1.807, 2.05) is 13.8 Å². The zero-order valence-electron chi connectivity index (χ0n) is 32.1. The largest absolute Gasteiger partial charge is 0.459 e. The lowest BCUT2D eigenvalue weighted by molar-refractivity contribution is -0.314. The minimum atomic E-state index is -1.90. The molecule has 3 saturated heterocycles. The lowest BCUT2D eigenvalue weighted by Gasteiger charge is -2.48.